The third-order valence-electron chi connectivity index (χ3n) is 5.19. The number of aryl methyl sites for hydroxylation is 1. The van der Waals surface area contributed by atoms with E-state index in [1.165, 1.54) is 11.3 Å². The van der Waals surface area contributed by atoms with Gasteiger partial charge in [-0.2, -0.15) is 5.10 Å². The van der Waals surface area contributed by atoms with Crippen LogP contribution in [0.3, 0.4) is 0 Å². The van der Waals surface area contributed by atoms with Gasteiger partial charge in [0.25, 0.3) is 5.95 Å². The first-order chi connectivity index (χ1) is 13.7. The number of benzene rings is 1. The molecule has 2 aromatic heterocycles. The van der Waals surface area contributed by atoms with Gasteiger partial charge in [0.05, 0.1) is 11.9 Å². The van der Waals surface area contributed by atoms with Crippen LogP contribution in [0, 0.1) is 13.8 Å². The van der Waals surface area contributed by atoms with Crippen LogP contribution in [0.1, 0.15) is 16.8 Å². The van der Waals surface area contributed by atoms with Crippen LogP contribution in [-0.2, 0) is 0 Å². The molecule has 144 valence electrons. The maximum atomic E-state index is 4.42. The van der Waals surface area contributed by atoms with Crippen molar-refractivity contribution in [3.63, 3.8) is 0 Å². The van der Waals surface area contributed by atoms with Gasteiger partial charge in [-0.1, -0.05) is 24.3 Å². The topological polar surface area (TPSA) is 50.1 Å². The minimum absolute atomic E-state index is 0.604. The molecule has 0 radical (unpaired) electrons. The highest BCUT2D eigenvalue weighted by Crippen LogP contribution is 2.18. The second kappa shape index (κ2) is 8.35. The lowest BCUT2D eigenvalue weighted by molar-refractivity contribution is 0.284. The normalized spacial score (nSPS) is 15.4. The Balaban J connectivity index is 1.32. The van der Waals surface area contributed by atoms with E-state index in [1.807, 2.05) is 19.2 Å². The van der Waals surface area contributed by atoms with E-state index in [2.05, 4.69) is 68.2 Å². The molecule has 28 heavy (non-hydrogen) atoms. The van der Waals surface area contributed by atoms with Gasteiger partial charge >= 0.3 is 0 Å². The molecular weight excluding hydrogens is 348 g/mol. The third kappa shape index (κ3) is 4.12. The molecule has 6 nitrogen and oxygen atoms in total. The van der Waals surface area contributed by atoms with E-state index in [4.69, 9.17) is 0 Å². The molecule has 0 saturated carbocycles. The Hall–Kier alpha value is -2.99. The highest BCUT2D eigenvalue weighted by molar-refractivity contribution is 5.52. The van der Waals surface area contributed by atoms with Crippen molar-refractivity contribution in [3.05, 3.63) is 71.8 Å². The van der Waals surface area contributed by atoms with Gasteiger partial charge in [0, 0.05) is 56.4 Å². The summed E-state index contributed by atoms with van der Waals surface area (Å²) in [6.45, 7) is 9.44. The van der Waals surface area contributed by atoms with E-state index in [9.17, 15) is 0 Å². The Bertz CT molecular complexity index is 939. The van der Waals surface area contributed by atoms with E-state index in [0.717, 1.165) is 44.0 Å². The van der Waals surface area contributed by atoms with Gasteiger partial charge in [-0.25, -0.2) is 14.6 Å². The van der Waals surface area contributed by atoms with Crippen LogP contribution >= 0.6 is 0 Å². The second-order valence-electron chi connectivity index (χ2n) is 7.17. The summed E-state index contributed by atoms with van der Waals surface area (Å²) in [6, 6.07) is 10.6. The first-order valence-corrected chi connectivity index (χ1v) is 9.73. The standard InChI is InChI=1S/C22H26N6/c1-18-6-3-8-21(16-18)27-14-12-26(13-15-27)11-4-7-20-17-25-28(19(20)2)22-23-9-5-10-24-22/h3-10,16-17H,11-15H2,1-2H3/b7-4+. The van der Waals surface area contributed by atoms with Crippen molar-refractivity contribution in [2.45, 2.75) is 13.8 Å². The molecule has 0 unspecified atom stereocenters. The molecule has 1 fully saturated rings. The minimum atomic E-state index is 0.604. The lowest BCUT2D eigenvalue weighted by Gasteiger charge is -2.35. The van der Waals surface area contributed by atoms with Gasteiger partial charge in [0.15, 0.2) is 0 Å². The van der Waals surface area contributed by atoms with Crippen molar-refractivity contribution >= 4 is 11.8 Å². The van der Waals surface area contributed by atoms with E-state index in [1.54, 1.807) is 17.1 Å². The van der Waals surface area contributed by atoms with Crippen molar-refractivity contribution in [1.29, 1.82) is 0 Å². The number of anilines is 1. The molecule has 0 amide bonds. The fraction of sp³-hybridized carbons (Fsp3) is 0.318. The molecule has 0 bridgehead atoms. The maximum Gasteiger partial charge on any atom is 0.250 e. The van der Waals surface area contributed by atoms with Crippen LogP contribution in [0.25, 0.3) is 12.0 Å². The molecule has 1 aliphatic rings. The first kappa shape index (κ1) is 18.4. The van der Waals surface area contributed by atoms with Crippen molar-refractivity contribution in [1.82, 2.24) is 24.6 Å². The van der Waals surface area contributed by atoms with Crippen LogP contribution in [-0.4, -0.2) is 57.4 Å². The lowest BCUT2D eigenvalue weighted by Crippen LogP contribution is -2.46. The summed E-state index contributed by atoms with van der Waals surface area (Å²) >= 11 is 0. The predicted octanol–water partition coefficient (Wildman–Crippen LogP) is 3.11. The van der Waals surface area contributed by atoms with Crippen molar-refractivity contribution < 1.29 is 0 Å². The molecule has 1 aromatic carbocycles. The summed E-state index contributed by atoms with van der Waals surface area (Å²) in [5.41, 5.74) is 4.80. The summed E-state index contributed by atoms with van der Waals surface area (Å²) in [4.78, 5) is 13.5. The maximum absolute atomic E-state index is 4.42. The molecule has 1 saturated heterocycles. The van der Waals surface area contributed by atoms with Crippen molar-refractivity contribution in [3.8, 4) is 5.95 Å². The molecule has 0 spiro atoms. The van der Waals surface area contributed by atoms with Gasteiger partial charge < -0.3 is 4.90 Å². The Morgan fingerprint density at radius 2 is 1.79 bits per heavy atom. The number of piperazine rings is 1. The van der Waals surface area contributed by atoms with Gasteiger partial charge in [-0.3, -0.25) is 4.90 Å². The van der Waals surface area contributed by atoms with Crippen LogP contribution in [0.2, 0.25) is 0 Å². The summed E-state index contributed by atoms with van der Waals surface area (Å²) < 4.78 is 1.78. The molecule has 6 heteroatoms. The Morgan fingerprint density at radius 1 is 1.00 bits per heavy atom. The summed E-state index contributed by atoms with van der Waals surface area (Å²) in [6.07, 6.45) is 9.71. The highest BCUT2D eigenvalue weighted by Gasteiger charge is 2.16. The van der Waals surface area contributed by atoms with E-state index in [0.29, 0.717) is 5.95 Å². The fourth-order valence-corrected chi connectivity index (χ4v) is 3.53. The average Bonchev–Trinajstić information content (AvgIpc) is 3.10. The third-order valence-corrected chi connectivity index (χ3v) is 5.19. The van der Waals surface area contributed by atoms with Gasteiger partial charge in [-0.15, -0.1) is 0 Å². The molecule has 3 heterocycles. The zero-order valence-electron chi connectivity index (χ0n) is 16.5. The van der Waals surface area contributed by atoms with Gasteiger partial charge in [0.2, 0.25) is 0 Å². The zero-order chi connectivity index (χ0) is 19.3. The number of hydrogen-bond acceptors (Lipinski definition) is 5. The largest absolute Gasteiger partial charge is 0.369 e. The quantitative estimate of drug-likeness (QED) is 0.687. The highest BCUT2D eigenvalue weighted by atomic mass is 15.3. The number of rotatable bonds is 5. The molecule has 0 aliphatic carbocycles. The molecule has 0 N–H and O–H groups in total. The predicted molar refractivity (Wildman–Crippen MR) is 113 cm³/mol. The molecular formula is C22H26N6. The van der Waals surface area contributed by atoms with Crippen LogP contribution in [0.5, 0.6) is 0 Å². The van der Waals surface area contributed by atoms with Crippen LogP contribution in [0.15, 0.2) is 55.0 Å². The van der Waals surface area contributed by atoms with E-state index >= 15 is 0 Å². The number of aromatic nitrogens is 4. The summed E-state index contributed by atoms with van der Waals surface area (Å²) in [5.74, 6) is 0.604. The number of nitrogens with zero attached hydrogens (tertiary/aromatic N) is 6. The average molecular weight is 374 g/mol. The monoisotopic (exact) mass is 374 g/mol. The van der Waals surface area contributed by atoms with Gasteiger partial charge in [0.1, 0.15) is 0 Å². The fourth-order valence-electron chi connectivity index (χ4n) is 3.53. The Morgan fingerprint density at radius 3 is 2.54 bits per heavy atom. The van der Waals surface area contributed by atoms with Crippen molar-refractivity contribution in [2.24, 2.45) is 0 Å². The zero-order valence-corrected chi connectivity index (χ0v) is 16.5. The van der Waals surface area contributed by atoms with Crippen LogP contribution < -0.4 is 4.90 Å². The van der Waals surface area contributed by atoms with Crippen LogP contribution in [0.4, 0.5) is 5.69 Å². The number of hydrogen-bond donors (Lipinski definition) is 0. The second-order valence-corrected chi connectivity index (χ2v) is 7.17. The summed E-state index contributed by atoms with van der Waals surface area (Å²) in [5, 5.41) is 4.42. The van der Waals surface area contributed by atoms with Gasteiger partial charge in [-0.05, 0) is 37.6 Å². The van der Waals surface area contributed by atoms with Crippen molar-refractivity contribution in [2.75, 3.05) is 37.6 Å². The smallest absolute Gasteiger partial charge is 0.250 e. The van der Waals surface area contributed by atoms with E-state index < -0.39 is 0 Å². The first-order valence-electron chi connectivity index (χ1n) is 9.73. The summed E-state index contributed by atoms with van der Waals surface area (Å²) in [7, 11) is 0. The molecule has 0 atom stereocenters. The van der Waals surface area contributed by atoms with E-state index in [-0.39, 0.29) is 0 Å². The minimum Gasteiger partial charge on any atom is -0.369 e. The molecule has 4 rings (SSSR count). The Labute approximate surface area is 166 Å². The SMILES string of the molecule is Cc1cccc(N2CCN(C/C=C/c3cnn(-c4ncccn4)c3C)CC2)c1. The molecule has 3 aromatic rings. The molecule has 1 aliphatic heterocycles. The lowest BCUT2D eigenvalue weighted by atomic mass is 10.2. The Kier molecular flexibility index (Phi) is 5.48.